The van der Waals surface area contributed by atoms with E-state index in [0.29, 0.717) is 11.6 Å². The monoisotopic (exact) mass is 378 g/mol. The highest BCUT2D eigenvalue weighted by molar-refractivity contribution is 5.95. The molecule has 1 saturated heterocycles. The summed E-state index contributed by atoms with van der Waals surface area (Å²) in [6, 6.07) is 17.3. The highest BCUT2D eigenvalue weighted by Gasteiger charge is 2.31. The van der Waals surface area contributed by atoms with Crippen LogP contribution in [0.15, 0.2) is 66.9 Å². The number of aromatic nitrogens is 2. The topological polar surface area (TPSA) is 61.0 Å². The number of piperidine rings is 1. The van der Waals surface area contributed by atoms with Crippen molar-refractivity contribution in [3.63, 3.8) is 0 Å². The lowest BCUT2D eigenvalue weighted by molar-refractivity contribution is -0.122. The van der Waals surface area contributed by atoms with E-state index in [0.717, 1.165) is 37.2 Å². The molecule has 1 aromatic heterocycles. The molecule has 0 radical (unpaired) electrons. The van der Waals surface area contributed by atoms with Crippen molar-refractivity contribution in [2.75, 3.05) is 18.4 Å². The molecule has 1 aliphatic heterocycles. The van der Waals surface area contributed by atoms with E-state index >= 15 is 0 Å². The van der Waals surface area contributed by atoms with Crippen LogP contribution in [0.4, 0.5) is 10.1 Å². The van der Waals surface area contributed by atoms with Gasteiger partial charge in [-0.15, -0.1) is 0 Å². The molecule has 1 fully saturated rings. The Morgan fingerprint density at radius 3 is 2.43 bits per heavy atom. The van der Waals surface area contributed by atoms with Gasteiger partial charge in [-0.25, -0.2) is 4.39 Å². The van der Waals surface area contributed by atoms with E-state index in [1.54, 1.807) is 18.3 Å². The van der Waals surface area contributed by atoms with Gasteiger partial charge in [0.25, 0.3) is 0 Å². The standard InChI is InChI=1S/C22H23FN4O/c23-18-6-8-19(9-7-18)25-22(28)21(17-4-2-1-3-5-17)27-14-11-16(12-15-27)20-10-13-24-26-20/h1-10,13,16,21H,11-12,14-15H2,(H,24,26)(H,25,28)/t21-/m1/s1. The minimum absolute atomic E-state index is 0.0993. The fourth-order valence-electron chi connectivity index (χ4n) is 3.87. The summed E-state index contributed by atoms with van der Waals surface area (Å²) in [6.07, 6.45) is 3.72. The molecule has 0 unspecified atom stereocenters. The first-order valence-corrected chi connectivity index (χ1v) is 9.55. The number of amides is 1. The molecule has 0 spiro atoms. The molecule has 2 aromatic carbocycles. The zero-order valence-electron chi connectivity index (χ0n) is 15.5. The molecule has 1 atom stereocenters. The van der Waals surface area contributed by atoms with Gasteiger partial charge >= 0.3 is 0 Å². The van der Waals surface area contributed by atoms with Crippen molar-refractivity contribution in [3.05, 3.63) is 83.9 Å². The van der Waals surface area contributed by atoms with Crippen LogP contribution in [0.2, 0.25) is 0 Å². The number of hydrogen-bond donors (Lipinski definition) is 2. The molecule has 1 aliphatic rings. The summed E-state index contributed by atoms with van der Waals surface area (Å²) in [5, 5.41) is 10.1. The molecule has 2 heterocycles. The molecule has 6 heteroatoms. The molecule has 28 heavy (non-hydrogen) atoms. The molecule has 0 bridgehead atoms. The first-order valence-electron chi connectivity index (χ1n) is 9.55. The maximum Gasteiger partial charge on any atom is 0.246 e. The molecule has 1 amide bonds. The van der Waals surface area contributed by atoms with Crippen LogP contribution in [-0.2, 0) is 4.79 Å². The van der Waals surface area contributed by atoms with Gasteiger partial charge in [0.1, 0.15) is 11.9 Å². The molecule has 4 rings (SSSR count). The Hall–Kier alpha value is -2.99. The van der Waals surface area contributed by atoms with Crippen LogP contribution in [0.1, 0.15) is 36.1 Å². The van der Waals surface area contributed by atoms with Crippen LogP contribution >= 0.6 is 0 Å². The number of likely N-dealkylation sites (tertiary alicyclic amines) is 1. The van der Waals surface area contributed by atoms with Gasteiger partial charge in [-0.1, -0.05) is 30.3 Å². The minimum Gasteiger partial charge on any atom is -0.324 e. The second kappa shape index (κ2) is 8.35. The lowest BCUT2D eigenvalue weighted by Crippen LogP contribution is -2.41. The van der Waals surface area contributed by atoms with Gasteiger partial charge in [0.05, 0.1) is 0 Å². The Morgan fingerprint density at radius 1 is 1.07 bits per heavy atom. The van der Waals surface area contributed by atoms with Gasteiger partial charge in [-0.05, 0) is 61.8 Å². The predicted molar refractivity (Wildman–Crippen MR) is 106 cm³/mol. The summed E-state index contributed by atoms with van der Waals surface area (Å²) in [6.45, 7) is 1.64. The van der Waals surface area contributed by atoms with E-state index in [4.69, 9.17) is 0 Å². The molecule has 3 aromatic rings. The smallest absolute Gasteiger partial charge is 0.246 e. The number of benzene rings is 2. The van der Waals surface area contributed by atoms with Gasteiger partial charge in [-0.3, -0.25) is 14.8 Å². The van der Waals surface area contributed by atoms with Crippen molar-refractivity contribution in [2.24, 2.45) is 0 Å². The predicted octanol–water partition coefficient (Wildman–Crippen LogP) is 4.11. The fraction of sp³-hybridized carbons (Fsp3) is 0.273. The summed E-state index contributed by atoms with van der Waals surface area (Å²) in [5.41, 5.74) is 2.72. The first kappa shape index (κ1) is 18.4. The third-order valence-corrected chi connectivity index (χ3v) is 5.33. The molecular weight excluding hydrogens is 355 g/mol. The lowest BCUT2D eigenvalue weighted by Gasteiger charge is -2.36. The maximum absolute atomic E-state index is 13.2. The van der Waals surface area contributed by atoms with Crippen LogP contribution in [0.25, 0.3) is 0 Å². The van der Waals surface area contributed by atoms with Crippen LogP contribution in [0, 0.1) is 5.82 Å². The van der Waals surface area contributed by atoms with E-state index < -0.39 is 0 Å². The third-order valence-electron chi connectivity index (χ3n) is 5.33. The Balaban J connectivity index is 1.51. The summed E-state index contributed by atoms with van der Waals surface area (Å²) in [5.74, 6) is 0.0200. The molecule has 0 saturated carbocycles. The number of aromatic amines is 1. The summed E-state index contributed by atoms with van der Waals surface area (Å²) < 4.78 is 13.2. The maximum atomic E-state index is 13.2. The number of H-pyrrole nitrogens is 1. The number of hydrogen-bond acceptors (Lipinski definition) is 3. The zero-order chi connectivity index (χ0) is 19.3. The van der Waals surface area contributed by atoms with E-state index in [-0.39, 0.29) is 17.8 Å². The molecular formula is C22H23FN4O. The van der Waals surface area contributed by atoms with Crippen molar-refractivity contribution in [2.45, 2.75) is 24.8 Å². The van der Waals surface area contributed by atoms with Crippen molar-refractivity contribution >= 4 is 11.6 Å². The third kappa shape index (κ3) is 4.12. The zero-order valence-corrected chi connectivity index (χ0v) is 15.5. The quantitative estimate of drug-likeness (QED) is 0.702. The van der Waals surface area contributed by atoms with Gasteiger partial charge in [0.15, 0.2) is 0 Å². The van der Waals surface area contributed by atoms with Gasteiger partial charge in [0, 0.05) is 23.5 Å². The summed E-state index contributed by atoms with van der Waals surface area (Å²) in [4.78, 5) is 15.4. The number of rotatable bonds is 5. The summed E-state index contributed by atoms with van der Waals surface area (Å²) in [7, 11) is 0. The van der Waals surface area contributed by atoms with Crippen molar-refractivity contribution in [3.8, 4) is 0 Å². The van der Waals surface area contributed by atoms with Crippen molar-refractivity contribution in [1.29, 1.82) is 0 Å². The average Bonchev–Trinajstić information content (AvgIpc) is 3.26. The Morgan fingerprint density at radius 2 is 1.79 bits per heavy atom. The Kier molecular flexibility index (Phi) is 5.48. The average molecular weight is 378 g/mol. The van der Waals surface area contributed by atoms with E-state index in [2.05, 4.69) is 20.4 Å². The van der Waals surface area contributed by atoms with Gasteiger partial charge in [0.2, 0.25) is 5.91 Å². The Labute approximate surface area is 163 Å². The number of nitrogens with zero attached hydrogens (tertiary/aromatic N) is 2. The number of halogens is 1. The van der Waals surface area contributed by atoms with Crippen LogP contribution in [0.3, 0.4) is 0 Å². The highest BCUT2D eigenvalue weighted by Crippen LogP contribution is 2.32. The normalized spacial score (nSPS) is 16.6. The van der Waals surface area contributed by atoms with Crippen molar-refractivity contribution in [1.82, 2.24) is 15.1 Å². The van der Waals surface area contributed by atoms with Crippen molar-refractivity contribution < 1.29 is 9.18 Å². The second-order valence-corrected chi connectivity index (χ2v) is 7.13. The molecule has 5 nitrogen and oxygen atoms in total. The van der Waals surface area contributed by atoms with Crippen LogP contribution in [-0.4, -0.2) is 34.1 Å². The Bertz CT molecular complexity index is 888. The van der Waals surface area contributed by atoms with E-state index in [1.807, 2.05) is 36.4 Å². The SMILES string of the molecule is O=C(Nc1ccc(F)cc1)[C@@H](c1ccccc1)N1CCC(c2ccn[nH]2)CC1. The molecule has 0 aliphatic carbocycles. The van der Waals surface area contributed by atoms with Crippen LogP contribution < -0.4 is 5.32 Å². The highest BCUT2D eigenvalue weighted by atomic mass is 19.1. The van der Waals surface area contributed by atoms with Gasteiger partial charge in [-0.2, -0.15) is 5.10 Å². The lowest BCUT2D eigenvalue weighted by atomic mass is 9.91. The minimum atomic E-state index is -0.381. The molecule has 144 valence electrons. The first-order chi connectivity index (χ1) is 13.7. The second-order valence-electron chi connectivity index (χ2n) is 7.13. The van der Waals surface area contributed by atoms with E-state index in [9.17, 15) is 9.18 Å². The van der Waals surface area contributed by atoms with E-state index in [1.165, 1.54) is 12.1 Å². The van der Waals surface area contributed by atoms with Crippen LogP contribution in [0.5, 0.6) is 0 Å². The summed E-state index contributed by atoms with van der Waals surface area (Å²) >= 11 is 0. The number of carbonyl (C=O) groups is 1. The number of anilines is 1. The number of nitrogens with one attached hydrogen (secondary N) is 2. The molecule has 2 N–H and O–H groups in total. The number of carbonyl (C=O) groups excluding carboxylic acids is 1. The largest absolute Gasteiger partial charge is 0.324 e. The fourth-order valence-corrected chi connectivity index (χ4v) is 3.87. The van der Waals surface area contributed by atoms with Gasteiger partial charge < -0.3 is 5.32 Å².